The fourth-order valence-corrected chi connectivity index (χ4v) is 3.03. The van der Waals surface area contributed by atoms with Gasteiger partial charge >= 0.3 is 0 Å². The van der Waals surface area contributed by atoms with Crippen molar-refractivity contribution in [3.05, 3.63) is 29.8 Å². The molecular weight excluding hydrogens is 256 g/mol. The van der Waals surface area contributed by atoms with E-state index in [2.05, 4.69) is 36.6 Å². The van der Waals surface area contributed by atoms with Crippen LogP contribution in [0, 0.1) is 0 Å². The summed E-state index contributed by atoms with van der Waals surface area (Å²) in [5.41, 5.74) is 2.21. The van der Waals surface area contributed by atoms with Crippen molar-refractivity contribution >= 4 is 23.4 Å². The molecule has 1 fully saturated rings. The number of rotatable bonds is 4. The van der Waals surface area contributed by atoms with E-state index in [0.717, 1.165) is 30.2 Å². The summed E-state index contributed by atoms with van der Waals surface area (Å²) in [5.74, 6) is 2.59. The molecule has 104 valence electrons. The largest absolute Gasteiger partial charge is 0.325 e. The van der Waals surface area contributed by atoms with Crippen LogP contribution in [0.5, 0.6) is 0 Å². The van der Waals surface area contributed by atoms with Crippen LogP contribution in [-0.2, 0) is 4.79 Å². The highest BCUT2D eigenvalue weighted by Gasteiger charge is 2.20. The summed E-state index contributed by atoms with van der Waals surface area (Å²) in [6.45, 7) is 5.32. The molecule has 1 aliphatic heterocycles. The van der Waals surface area contributed by atoms with Crippen molar-refractivity contribution in [1.82, 2.24) is 5.32 Å². The van der Waals surface area contributed by atoms with Crippen molar-refractivity contribution in [3.63, 3.8) is 0 Å². The molecule has 1 aromatic carbocycles. The quantitative estimate of drug-likeness (QED) is 0.890. The number of carbonyl (C=O) groups excluding carboxylic acids is 1. The van der Waals surface area contributed by atoms with E-state index in [1.165, 1.54) is 5.56 Å². The van der Waals surface area contributed by atoms with E-state index in [1.54, 1.807) is 0 Å². The molecule has 2 rings (SSSR count). The lowest BCUT2D eigenvalue weighted by atomic mass is 9.98. The molecule has 2 atom stereocenters. The van der Waals surface area contributed by atoms with Gasteiger partial charge in [0.05, 0.1) is 6.04 Å². The number of thioether (sulfide) groups is 1. The monoisotopic (exact) mass is 278 g/mol. The van der Waals surface area contributed by atoms with Crippen molar-refractivity contribution in [1.29, 1.82) is 0 Å². The Morgan fingerprint density at radius 2 is 2.21 bits per heavy atom. The van der Waals surface area contributed by atoms with Gasteiger partial charge in [0.1, 0.15) is 0 Å². The number of carbonyl (C=O) groups is 1. The summed E-state index contributed by atoms with van der Waals surface area (Å²) >= 11 is 1.83. The Balaban J connectivity index is 1.93. The molecule has 1 heterocycles. The first-order chi connectivity index (χ1) is 9.20. The van der Waals surface area contributed by atoms with Gasteiger partial charge in [0, 0.05) is 23.7 Å². The van der Waals surface area contributed by atoms with Crippen molar-refractivity contribution in [3.8, 4) is 0 Å². The van der Waals surface area contributed by atoms with E-state index in [-0.39, 0.29) is 11.9 Å². The fourth-order valence-electron chi connectivity index (χ4n) is 2.09. The highest BCUT2D eigenvalue weighted by molar-refractivity contribution is 7.99. The summed E-state index contributed by atoms with van der Waals surface area (Å²) in [5, 5.41) is 6.23. The highest BCUT2D eigenvalue weighted by Crippen LogP contribution is 2.20. The smallest absolute Gasteiger partial charge is 0.242 e. The maximum atomic E-state index is 12.1. The van der Waals surface area contributed by atoms with Gasteiger partial charge in [-0.25, -0.2) is 0 Å². The van der Waals surface area contributed by atoms with Gasteiger partial charge in [-0.15, -0.1) is 0 Å². The van der Waals surface area contributed by atoms with Gasteiger partial charge < -0.3 is 10.6 Å². The number of benzene rings is 1. The number of hydrogen-bond donors (Lipinski definition) is 2. The van der Waals surface area contributed by atoms with Gasteiger partial charge in [0.25, 0.3) is 0 Å². The Morgan fingerprint density at radius 3 is 2.79 bits per heavy atom. The van der Waals surface area contributed by atoms with Crippen LogP contribution in [0.25, 0.3) is 0 Å². The topological polar surface area (TPSA) is 41.1 Å². The predicted octanol–water partition coefficient (Wildman–Crippen LogP) is 2.84. The minimum atomic E-state index is -0.0620. The molecule has 0 saturated carbocycles. The lowest BCUT2D eigenvalue weighted by Gasteiger charge is -2.22. The van der Waals surface area contributed by atoms with Crippen LogP contribution in [0.15, 0.2) is 24.3 Å². The summed E-state index contributed by atoms with van der Waals surface area (Å²) in [7, 11) is 0. The van der Waals surface area contributed by atoms with Crippen LogP contribution >= 0.6 is 11.8 Å². The van der Waals surface area contributed by atoms with Crippen LogP contribution in [0.3, 0.4) is 0 Å². The Hall–Kier alpha value is -1.00. The Labute approximate surface area is 119 Å². The minimum absolute atomic E-state index is 0.0620. The molecule has 1 amide bonds. The van der Waals surface area contributed by atoms with Gasteiger partial charge in [-0.3, -0.25) is 4.79 Å². The molecule has 2 unspecified atom stereocenters. The molecular formula is C15H22N2OS. The molecule has 1 saturated heterocycles. The summed E-state index contributed by atoms with van der Waals surface area (Å²) in [6, 6.07) is 8.14. The molecule has 0 aliphatic carbocycles. The second-order valence-corrected chi connectivity index (χ2v) is 6.15. The zero-order chi connectivity index (χ0) is 13.7. The van der Waals surface area contributed by atoms with Crippen molar-refractivity contribution in [2.24, 2.45) is 0 Å². The maximum Gasteiger partial charge on any atom is 0.242 e. The zero-order valence-corrected chi connectivity index (χ0v) is 12.4. The fraction of sp³-hybridized carbons (Fsp3) is 0.533. The van der Waals surface area contributed by atoms with Crippen molar-refractivity contribution in [2.45, 2.75) is 32.2 Å². The van der Waals surface area contributed by atoms with Gasteiger partial charge in [0.15, 0.2) is 0 Å². The number of hydrogen-bond acceptors (Lipinski definition) is 3. The molecule has 0 spiro atoms. The van der Waals surface area contributed by atoms with E-state index in [1.807, 2.05) is 23.9 Å². The molecule has 4 heteroatoms. The molecule has 3 nitrogen and oxygen atoms in total. The third kappa shape index (κ3) is 3.98. The highest BCUT2D eigenvalue weighted by atomic mass is 32.2. The number of nitrogens with one attached hydrogen (secondary N) is 2. The van der Waals surface area contributed by atoms with E-state index >= 15 is 0 Å². The van der Waals surface area contributed by atoms with Gasteiger partial charge in [-0.05, 0) is 30.0 Å². The van der Waals surface area contributed by atoms with E-state index < -0.39 is 0 Å². The van der Waals surface area contributed by atoms with E-state index in [0.29, 0.717) is 5.92 Å². The number of anilines is 1. The third-order valence-electron chi connectivity index (χ3n) is 3.60. The Kier molecular flexibility index (Phi) is 5.28. The number of amides is 1. The van der Waals surface area contributed by atoms with Crippen LogP contribution < -0.4 is 10.6 Å². The first-order valence-corrected chi connectivity index (χ1v) is 8.08. The van der Waals surface area contributed by atoms with Crippen LogP contribution in [0.4, 0.5) is 5.69 Å². The standard InChI is InChI=1S/C15H22N2OS/c1-3-11(2)12-4-6-13(7-5-12)17-15(18)14-10-19-9-8-16-14/h4-7,11,14,16H,3,8-10H2,1-2H3,(H,17,18). The molecule has 1 aliphatic rings. The maximum absolute atomic E-state index is 12.1. The average molecular weight is 278 g/mol. The van der Waals surface area contributed by atoms with Crippen molar-refractivity contribution in [2.75, 3.05) is 23.4 Å². The third-order valence-corrected chi connectivity index (χ3v) is 4.66. The Bertz CT molecular complexity index is 413. The molecule has 2 N–H and O–H groups in total. The normalized spacial score (nSPS) is 20.8. The molecule has 0 aromatic heterocycles. The van der Waals surface area contributed by atoms with E-state index in [4.69, 9.17) is 0 Å². The predicted molar refractivity (Wildman–Crippen MR) is 82.9 cm³/mol. The van der Waals surface area contributed by atoms with Crippen molar-refractivity contribution < 1.29 is 4.79 Å². The summed E-state index contributed by atoms with van der Waals surface area (Å²) < 4.78 is 0. The summed E-state index contributed by atoms with van der Waals surface area (Å²) in [6.07, 6.45) is 1.13. The first-order valence-electron chi connectivity index (χ1n) is 6.92. The van der Waals surface area contributed by atoms with Crippen LogP contribution in [0.2, 0.25) is 0 Å². The van der Waals surface area contributed by atoms with E-state index in [9.17, 15) is 4.79 Å². The molecule has 19 heavy (non-hydrogen) atoms. The average Bonchev–Trinajstić information content (AvgIpc) is 2.48. The van der Waals surface area contributed by atoms with Gasteiger partial charge in [-0.1, -0.05) is 26.0 Å². The van der Waals surface area contributed by atoms with Crippen LogP contribution in [0.1, 0.15) is 31.7 Å². The Morgan fingerprint density at radius 1 is 1.47 bits per heavy atom. The minimum Gasteiger partial charge on any atom is -0.325 e. The molecule has 0 radical (unpaired) electrons. The lowest BCUT2D eigenvalue weighted by Crippen LogP contribution is -2.46. The lowest BCUT2D eigenvalue weighted by molar-refractivity contribution is -0.117. The zero-order valence-electron chi connectivity index (χ0n) is 11.6. The first kappa shape index (κ1) is 14.4. The second kappa shape index (κ2) is 6.96. The van der Waals surface area contributed by atoms with Gasteiger partial charge in [0.2, 0.25) is 5.91 Å². The molecule has 1 aromatic rings. The molecule has 0 bridgehead atoms. The SMILES string of the molecule is CCC(C)c1ccc(NC(=O)C2CSCCN2)cc1. The summed E-state index contributed by atoms with van der Waals surface area (Å²) in [4.78, 5) is 12.1. The second-order valence-electron chi connectivity index (χ2n) is 5.00. The van der Waals surface area contributed by atoms with Crippen LogP contribution in [-0.4, -0.2) is 30.0 Å². The van der Waals surface area contributed by atoms with Gasteiger partial charge in [-0.2, -0.15) is 11.8 Å².